The second-order valence-corrected chi connectivity index (χ2v) is 7.90. The van der Waals surface area contributed by atoms with Crippen molar-refractivity contribution in [3.63, 3.8) is 0 Å². The number of furan rings is 1. The Bertz CT molecular complexity index is 815. The first kappa shape index (κ1) is 18.7. The first-order chi connectivity index (χ1) is 12.4. The summed E-state index contributed by atoms with van der Waals surface area (Å²) in [6.45, 7) is 0.137. The highest BCUT2D eigenvalue weighted by atomic mass is 32.2. The number of nitrogens with zero attached hydrogens (tertiary/aromatic N) is 1. The Morgan fingerprint density at radius 1 is 1.23 bits per heavy atom. The molecule has 1 N–H and O–H groups in total. The molecule has 0 bridgehead atoms. The summed E-state index contributed by atoms with van der Waals surface area (Å²) in [5, 5.41) is 0.754. The van der Waals surface area contributed by atoms with Crippen LogP contribution in [0.2, 0.25) is 0 Å². The van der Waals surface area contributed by atoms with Gasteiger partial charge in [0.1, 0.15) is 22.5 Å². The SMILES string of the molecule is COc1cc(OC)cc([C@H]2[C@@H](S(=O)(=O)NCc3ccco3)CON2C)c1. The smallest absolute Gasteiger partial charge is 0.219 e. The van der Waals surface area contributed by atoms with Crippen LogP contribution in [0.15, 0.2) is 41.0 Å². The molecule has 1 fully saturated rings. The number of sulfonamides is 1. The van der Waals surface area contributed by atoms with Gasteiger partial charge in [-0.2, -0.15) is 5.06 Å². The highest BCUT2D eigenvalue weighted by molar-refractivity contribution is 7.90. The number of methoxy groups -OCH3 is 2. The standard InChI is InChI=1S/C17H22N2O6S/c1-19-17(12-7-14(22-2)9-15(8-12)23-3)16(11-25-19)26(20,21)18-10-13-5-4-6-24-13/h4-9,16-18H,10-11H2,1-3H3/t16-,17-/m0/s1. The summed E-state index contributed by atoms with van der Waals surface area (Å²) in [6, 6.07) is 8.22. The summed E-state index contributed by atoms with van der Waals surface area (Å²) < 4.78 is 44.0. The van der Waals surface area contributed by atoms with Crippen LogP contribution in [0.1, 0.15) is 17.4 Å². The maximum Gasteiger partial charge on any atom is 0.219 e. The number of rotatable bonds is 7. The lowest BCUT2D eigenvalue weighted by atomic mass is 10.0. The van der Waals surface area contributed by atoms with Crippen LogP contribution in [-0.2, 0) is 21.4 Å². The molecular formula is C17H22N2O6S. The van der Waals surface area contributed by atoms with Crippen LogP contribution < -0.4 is 14.2 Å². The van der Waals surface area contributed by atoms with Gasteiger partial charge in [-0.3, -0.25) is 4.84 Å². The Hall–Kier alpha value is -2.07. The van der Waals surface area contributed by atoms with Crippen LogP contribution in [0.25, 0.3) is 0 Å². The van der Waals surface area contributed by atoms with Gasteiger partial charge in [0.05, 0.1) is 39.7 Å². The van der Waals surface area contributed by atoms with Crippen molar-refractivity contribution in [1.82, 2.24) is 9.79 Å². The number of benzene rings is 1. The molecule has 3 rings (SSSR count). The fourth-order valence-electron chi connectivity index (χ4n) is 2.97. The molecule has 1 saturated heterocycles. The topological polar surface area (TPSA) is 90.2 Å². The van der Waals surface area contributed by atoms with Gasteiger partial charge in [0.2, 0.25) is 10.0 Å². The van der Waals surface area contributed by atoms with Crippen LogP contribution in [0.3, 0.4) is 0 Å². The minimum atomic E-state index is -3.66. The van der Waals surface area contributed by atoms with E-state index in [0.29, 0.717) is 17.3 Å². The van der Waals surface area contributed by atoms with E-state index in [-0.39, 0.29) is 13.2 Å². The summed E-state index contributed by atoms with van der Waals surface area (Å²) in [5.41, 5.74) is 0.731. The van der Waals surface area contributed by atoms with Crippen molar-refractivity contribution in [2.24, 2.45) is 0 Å². The van der Waals surface area contributed by atoms with Crippen LogP contribution >= 0.6 is 0 Å². The van der Waals surface area contributed by atoms with Gasteiger partial charge in [-0.15, -0.1) is 0 Å². The van der Waals surface area contributed by atoms with Crippen molar-refractivity contribution in [2.45, 2.75) is 17.8 Å². The number of nitrogens with one attached hydrogen (secondary N) is 1. The number of hydrogen-bond donors (Lipinski definition) is 1. The zero-order valence-corrected chi connectivity index (χ0v) is 15.7. The first-order valence-corrected chi connectivity index (χ1v) is 9.59. The largest absolute Gasteiger partial charge is 0.497 e. The van der Waals surface area contributed by atoms with E-state index in [1.807, 2.05) is 0 Å². The van der Waals surface area contributed by atoms with E-state index in [0.717, 1.165) is 5.56 Å². The van der Waals surface area contributed by atoms with E-state index in [1.165, 1.54) is 6.26 Å². The molecule has 1 aromatic carbocycles. The molecule has 0 spiro atoms. The van der Waals surface area contributed by atoms with Gasteiger partial charge >= 0.3 is 0 Å². The number of ether oxygens (including phenoxy) is 2. The Morgan fingerprint density at radius 3 is 2.50 bits per heavy atom. The second kappa shape index (κ2) is 7.67. The summed E-state index contributed by atoms with van der Waals surface area (Å²) in [5.74, 6) is 1.71. The lowest BCUT2D eigenvalue weighted by Gasteiger charge is -2.24. The van der Waals surface area contributed by atoms with Crippen molar-refractivity contribution < 1.29 is 27.1 Å². The van der Waals surface area contributed by atoms with E-state index < -0.39 is 21.3 Å². The molecule has 1 aliphatic rings. The molecule has 1 aliphatic heterocycles. The van der Waals surface area contributed by atoms with Crippen molar-refractivity contribution in [1.29, 1.82) is 0 Å². The molecule has 0 aliphatic carbocycles. The fraction of sp³-hybridized carbons (Fsp3) is 0.412. The van der Waals surface area contributed by atoms with E-state index in [9.17, 15) is 8.42 Å². The molecule has 1 aromatic heterocycles. The van der Waals surface area contributed by atoms with E-state index in [2.05, 4.69) is 4.72 Å². The third-order valence-corrected chi connectivity index (χ3v) is 6.07. The van der Waals surface area contributed by atoms with Crippen LogP contribution in [0.4, 0.5) is 0 Å². The molecular weight excluding hydrogens is 360 g/mol. The fourth-order valence-corrected chi connectivity index (χ4v) is 4.44. The molecule has 2 atom stereocenters. The van der Waals surface area contributed by atoms with Gasteiger partial charge in [0, 0.05) is 13.1 Å². The molecule has 0 radical (unpaired) electrons. The van der Waals surface area contributed by atoms with Crippen LogP contribution in [-0.4, -0.2) is 46.6 Å². The number of hydroxylamine groups is 2. The lowest BCUT2D eigenvalue weighted by molar-refractivity contribution is -0.110. The zero-order chi connectivity index (χ0) is 18.7. The monoisotopic (exact) mass is 382 g/mol. The van der Waals surface area contributed by atoms with Gasteiger partial charge in [0.25, 0.3) is 0 Å². The Morgan fingerprint density at radius 2 is 1.92 bits per heavy atom. The second-order valence-electron chi connectivity index (χ2n) is 5.92. The maximum absolute atomic E-state index is 12.8. The Kier molecular flexibility index (Phi) is 5.52. The molecule has 0 saturated carbocycles. The normalized spacial score (nSPS) is 21.0. The van der Waals surface area contributed by atoms with E-state index >= 15 is 0 Å². The maximum atomic E-state index is 12.8. The minimum absolute atomic E-state index is 0.0498. The predicted molar refractivity (Wildman–Crippen MR) is 94.3 cm³/mol. The summed E-state index contributed by atoms with van der Waals surface area (Å²) in [7, 11) is 1.14. The summed E-state index contributed by atoms with van der Waals surface area (Å²) in [6.07, 6.45) is 1.50. The van der Waals surface area contributed by atoms with Gasteiger partial charge in [-0.1, -0.05) is 0 Å². The lowest BCUT2D eigenvalue weighted by Crippen LogP contribution is -2.39. The van der Waals surface area contributed by atoms with Crippen LogP contribution in [0, 0.1) is 0 Å². The molecule has 9 heteroatoms. The molecule has 8 nitrogen and oxygen atoms in total. The van der Waals surface area contributed by atoms with Crippen molar-refractivity contribution in [2.75, 3.05) is 27.9 Å². The Balaban J connectivity index is 1.87. The van der Waals surface area contributed by atoms with Gasteiger partial charge in [-0.05, 0) is 29.8 Å². The summed E-state index contributed by atoms with van der Waals surface area (Å²) >= 11 is 0. The third kappa shape index (κ3) is 3.85. The molecule has 142 valence electrons. The average Bonchev–Trinajstić information content (AvgIpc) is 3.29. The van der Waals surface area contributed by atoms with Crippen molar-refractivity contribution >= 4 is 10.0 Å². The quantitative estimate of drug-likeness (QED) is 0.779. The average molecular weight is 382 g/mol. The molecule has 0 amide bonds. The molecule has 2 aromatic rings. The third-order valence-electron chi connectivity index (χ3n) is 4.33. The van der Waals surface area contributed by atoms with Gasteiger partial charge in [-0.25, -0.2) is 13.1 Å². The van der Waals surface area contributed by atoms with Crippen LogP contribution in [0.5, 0.6) is 11.5 Å². The molecule has 26 heavy (non-hydrogen) atoms. The van der Waals surface area contributed by atoms with Gasteiger partial charge in [0.15, 0.2) is 0 Å². The minimum Gasteiger partial charge on any atom is -0.497 e. The Labute approximate surface area is 152 Å². The van der Waals surface area contributed by atoms with E-state index in [4.69, 9.17) is 18.7 Å². The first-order valence-electron chi connectivity index (χ1n) is 8.04. The van der Waals surface area contributed by atoms with Gasteiger partial charge < -0.3 is 13.9 Å². The zero-order valence-electron chi connectivity index (χ0n) is 14.8. The number of hydrogen-bond acceptors (Lipinski definition) is 7. The van der Waals surface area contributed by atoms with Crippen molar-refractivity contribution in [3.05, 3.63) is 47.9 Å². The molecule has 2 heterocycles. The summed E-state index contributed by atoms with van der Waals surface area (Å²) in [4.78, 5) is 5.51. The molecule has 0 unspecified atom stereocenters. The predicted octanol–water partition coefficient (Wildman–Crippen LogP) is 1.70. The highest BCUT2D eigenvalue weighted by Gasteiger charge is 2.43. The van der Waals surface area contributed by atoms with Crippen molar-refractivity contribution in [3.8, 4) is 11.5 Å². The van der Waals surface area contributed by atoms with E-state index in [1.54, 1.807) is 56.7 Å². The highest BCUT2D eigenvalue weighted by Crippen LogP contribution is 2.36.